The first kappa shape index (κ1) is 17.4. The third kappa shape index (κ3) is 4.34. The van der Waals surface area contributed by atoms with E-state index in [0.717, 1.165) is 23.2 Å². The second-order valence-corrected chi connectivity index (χ2v) is 8.95. The van der Waals surface area contributed by atoms with Crippen LogP contribution in [-0.2, 0) is 16.4 Å². The lowest BCUT2D eigenvalue weighted by atomic mass is 10.1. The van der Waals surface area contributed by atoms with Crippen molar-refractivity contribution >= 4 is 43.1 Å². The normalized spacial score (nSPS) is 11.4. The number of nitrogens with one attached hydrogen (secondary N) is 2. The van der Waals surface area contributed by atoms with Crippen LogP contribution in [0.15, 0.2) is 46.8 Å². The van der Waals surface area contributed by atoms with Crippen LogP contribution in [0.5, 0.6) is 0 Å². The van der Waals surface area contributed by atoms with Crippen molar-refractivity contribution in [3.8, 4) is 0 Å². The Kier molecular flexibility index (Phi) is 4.73. The van der Waals surface area contributed by atoms with Gasteiger partial charge in [0, 0.05) is 18.5 Å². The van der Waals surface area contributed by atoms with Gasteiger partial charge in [0.05, 0.1) is 10.2 Å². The van der Waals surface area contributed by atoms with Gasteiger partial charge < -0.3 is 10.6 Å². The number of thiazole rings is 1. The maximum absolute atomic E-state index is 12.0. The van der Waals surface area contributed by atoms with Crippen molar-refractivity contribution in [2.24, 2.45) is 0 Å². The van der Waals surface area contributed by atoms with Crippen LogP contribution in [0.1, 0.15) is 11.1 Å². The first-order valence-corrected chi connectivity index (χ1v) is 10.2. The minimum Gasteiger partial charge on any atom is -0.334 e. The Balaban J connectivity index is 1.67. The van der Waals surface area contributed by atoms with E-state index >= 15 is 0 Å². The van der Waals surface area contributed by atoms with Crippen LogP contribution in [0.25, 0.3) is 10.2 Å². The third-order valence-corrected chi connectivity index (χ3v) is 6.21. The van der Waals surface area contributed by atoms with E-state index in [-0.39, 0.29) is 10.4 Å². The van der Waals surface area contributed by atoms with Gasteiger partial charge in [0.2, 0.25) is 14.2 Å². The smallest absolute Gasteiger partial charge is 0.319 e. The number of nitrogens with zero attached hydrogens (tertiary/aromatic N) is 1. The van der Waals surface area contributed by atoms with Gasteiger partial charge in [-0.2, -0.15) is 0 Å². The van der Waals surface area contributed by atoms with E-state index < -0.39 is 9.84 Å². The van der Waals surface area contributed by atoms with Gasteiger partial charge in [-0.1, -0.05) is 29.8 Å². The maximum atomic E-state index is 12.0. The standard InChI is InChI=1S/C17H17N3O3S2/c1-11-3-5-12(6-4-11)10-18-16(21)19-13-7-8-14-15(9-13)24-17(20-14)25(2,22)23/h3-9H,10H2,1-2H3,(H2,18,19,21). The molecule has 2 amide bonds. The summed E-state index contributed by atoms with van der Waals surface area (Å²) in [5.74, 6) is 0. The zero-order chi connectivity index (χ0) is 18.0. The summed E-state index contributed by atoms with van der Waals surface area (Å²) in [7, 11) is -3.34. The largest absolute Gasteiger partial charge is 0.334 e. The molecule has 0 fully saturated rings. The predicted octanol–water partition coefficient (Wildman–Crippen LogP) is 3.33. The zero-order valence-corrected chi connectivity index (χ0v) is 15.4. The van der Waals surface area contributed by atoms with E-state index in [2.05, 4.69) is 15.6 Å². The van der Waals surface area contributed by atoms with Gasteiger partial charge in [0.25, 0.3) is 0 Å². The van der Waals surface area contributed by atoms with Gasteiger partial charge in [-0.05, 0) is 30.7 Å². The van der Waals surface area contributed by atoms with Crippen molar-refractivity contribution in [3.05, 3.63) is 53.6 Å². The Bertz CT molecular complexity index is 1020. The lowest BCUT2D eigenvalue weighted by Crippen LogP contribution is -2.28. The molecule has 0 unspecified atom stereocenters. The fourth-order valence-electron chi connectivity index (χ4n) is 2.20. The molecule has 6 nitrogen and oxygen atoms in total. The van der Waals surface area contributed by atoms with Crippen LogP contribution >= 0.6 is 11.3 Å². The number of rotatable bonds is 4. The highest BCUT2D eigenvalue weighted by Gasteiger charge is 2.14. The molecule has 0 radical (unpaired) electrons. The molecule has 0 saturated carbocycles. The fraction of sp³-hybridized carbons (Fsp3) is 0.176. The number of hydrogen-bond acceptors (Lipinski definition) is 5. The highest BCUT2D eigenvalue weighted by Crippen LogP contribution is 2.27. The number of aromatic nitrogens is 1. The molecule has 8 heteroatoms. The summed E-state index contributed by atoms with van der Waals surface area (Å²) >= 11 is 1.09. The van der Waals surface area contributed by atoms with Crippen LogP contribution < -0.4 is 10.6 Å². The highest BCUT2D eigenvalue weighted by molar-refractivity contribution is 7.92. The van der Waals surface area contributed by atoms with Gasteiger partial charge in [-0.25, -0.2) is 18.2 Å². The van der Waals surface area contributed by atoms with Crippen molar-refractivity contribution in [2.75, 3.05) is 11.6 Å². The number of anilines is 1. The highest BCUT2D eigenvalue weighted by atomic mass is 32.2. The summed E-state index contributed by atoms with van der Waals surface area (Å²) < 4.78 is 23.9. The minimum absolute atomic E-state index is 0.0727. The Morgan fingerprint density at radius 3 is 2.56 bits per heavy atom. The molecule has 2 aromatic carbocycles. The Morgan fingerprint density at radius 1 is 1.16 bits per heavy atom. The summed E-state index contributed by atoms with van der Waals surface area (Å²) in [6.45, 7) is 2.43. The van der Waals surface area contributed by atoms with Gasteiger partial charge in [-0.15, -0.1) is 11.3 Å². The third-order valence-electron chi connectivity index (χ3n) is 3.52. The summed E-state index contributed by atoms with van der Waals surface area (Å²) in [5.41, 5.74) is 3.35. The summed E-state index contributed by atoms with van der Waals surface area (Å²) in [5, 5.41) is 5.53. The summed E-state index contributed by atoms with van der Waals surface area (Å²) in [6, 6.07) is 12.7. The first-order chi connectivity index (χ1) is 11.8. The molecule has 0 saturated heterocycles. The maximum Gasteiger partial charge on any atom is 0.319 e. The SMILES string of the molecule is Cc1ccc(CNC(=O)Nc2ccc3nc(S(C)(=O)=O)sc3c2)cc1. The number of fused-ring (bicyclic) bond motifs is 1. The monoisotopic (exact) mass is 375 g/mol. The molecule has 2 N–H and O–H groups in total. The number of benzene rings is 2. The second-order valence-electron chi connectivity index (χ2n) is 5.73. The van der Waals surface area contributed by atoms with Crippen molar-refractivity contribution in [2.45, 2.75) is 17.8 Å². The van der Waals surface area contributed by atoms with E-state index in [1.807, 2.05) is 31.2 Å². The van der Waals surface area contributed by atoms with Crippen molar-refractivity contribution < 1.29 is 13.2 Å². The molecule has 3 rings (SSSR count). The Hall–Kier alpha value is -2.45. The van der Waals surface area contributed by atoms with Crippen LogP contribution in [0.3, 0.4) is 0 Å². The van der Waals surface area contributed by atoms with Gasteiger partial charge in [0.15, 0.2) is 0 Å². The zero-order valence-electron chi connectivity index (χ0n) is 13.7. The van der Waals surface area contributed by atoms with Crippen LogP contribution in [0.4, 0.5) is 10.5 Å². The molecule has 25 heavy (non-hydrogen) atoms. The van der Waals surface area contributed by atoms with Crippen LogP contribution in [0, 0.1) is 6.92 Å². The van der Waals surface area contributed by atoms with E-state index in [4.69, 9.17) is 0 Å². The molecule has 0 bridgehead atoms. The average Bonchev–Trinajstić information content (AvgIpc) is 2.98. The fourth-order valence-corrected chi connectivity index (χ4v) is 4.08. The van der Waals surface area contributed by atoms with Gasteiger partial charge in [-0.3, -0.25) is 0 Å². The Labute approximate surface area is 149 Å². The molecule has 1 heterocycles. The van der Waals surface area contributed by atoms with Crippen molar-refractivity contribution in [3.63, 3.8) is 0 Å². The van der Waals surface area contributed by atoms with Gasteiger partial charge in [0.1, 0.15) is 0 Å². The van der Waals surface area contributed by atoms with Crippen LogP contribution in [0.2, 0.25) is 0 Å². The number of carbonyl (C=O) groups excluding carboxylic acids is 1. The number of amides is 2. The Morgan fingerprint density at radius 2 is 1.88 bits per heavy atom. The van der Waals surface area contributed by atoms with E-state index in [9.17, 15) is 13.2 Å². The van der Waals surface area contributed by atoms with E-state index in [1.54, 1.807) is 18.2 Å². The average molecular weight is 375 g/mol. The molecule has 130 valence electrons. The van der Waals surface area contributed by atoms with Crippen molar-refractivity contribution in [1.82, 2.24) is 10.3 Å². The lowest BCUT2D eigenvalue weighted by molar-refractivity contribution is 0.251. The van der Waals surface area contributed by atoms with Crippen LogP contribution in [-0.4, -0.2) is 25.7 Å². The molecular weight excluding hydrogens is 358 g/mol. The first-order valence-electron chi connectivity index (χ1n) is 7.52. The molecule has 1 aromatic heterocycles. The predicted molar refractivity (Wildman–Crippen MR) is 99.8 cm³/mol. The number of hydrogen-bond donors (Lipinski definition) is 2. The minimum atomic E-state index is -3.34. The molecular formula is C17H17N3O3S2. The number of urea groups is 1. The summed E-state index contributed by atoms with van der Waals surface area (Å²) in [4.78, 5) is 16.1. The molecule has 3 aromatic rings. The second kappa shape index (κ2) is 6.81. The quantitative estimate of drug-likeness (QED) is 0.732. The molecule has 0 aliphatic rings. The molecule has 0 spiro atoms. The number of sulfone groups is 1. The van der Waals surface area contributed by atoms with Gasteiger partial charge >= 0.3 is 6.03 Å². The topological polar surface area (TPSA) is 88.2 Å². The molecule has 0 aliphatic heterocycles. The van der Waals surface area contributed by atoms with E-state index in [0.29, 0.717) is 22.4 Å². The summed E-state index contributed by atoms with van der Waals surface area (Å²) in [6.07, 6.45) is 1.13. The number of aryl methyl sites for hydroxylation is 1. The molecule has 0 atom stereocenters. The molecule has 0 aliphatic carbocycles. The van der Waals surface area contributed by atoms with Crippen molar-refractivity contribution in [1.29, 1.82) is 0 Å². The van der Waals surface area contributed by atoms with E-state index in [1.165, 1.54) is 5.56 Å². The number of carbonyl (C=O) groups is 1. The lowest BCUT2D eigenvalue weighted by Gasteiger charge is -2.08.